The van der Waals surface area contributed by atoms with Gasteiger partial charge < -0.3 is 30.7 Å². The molecule has 3 unspecified atom stereocenters. The van der Waals surface area contributed by atoms with Crippen molar-refractivity contribution < 1.29 is 27.2 Å². The molecule has 33 heavy (non-hydrogen) atoms. The second-order valence-corrected chi connectivity index (χ2v) is 9.88. The normalized spacial score (nSPS) is 19.7. The summed E-state index contributed by atoms with van der Waals surface area (Å²) in [4.78, 5) is 11.7. The monoisotopic (exact) mass is 486 g/mol. The fraction of sp³-hybridized carbons (Fsp3) is 0.455. The first-order valence-electron chi connectivity index (χ1n) is 10.8. The van der Waals surface area contributed by atoms with E-state index in [1.807, 2.05) is 37.3 Å². The molecule has 0 amide bonds. The van der Waals surface area contributed by atoms with Crippen molar-refractivity contribution in [1.82, 2.24) is 5.32 Å². The first-order valence-corrected chi connectivity index (χ1v) is 12.5. The summed E-state index contributed by atoms with van der Waals surface area (Å²) in [6.07, 6.45) is -4.97. The molecule has 5 N–H and O–H groups in total. The molecule has 0 aliphatic carbocycles. The van der Waals surface area contributed by atoms with E-state index in [1.54, 1.807) is 11.8 Å². The Morgan fingerprint density at radius 3 is 2.64 bits per heavy atom. The number of piperazine rings is 1. The summed E-state index contributed by atoms with van der Waals surface area (Å²) in [7, 11) is -4.00. The van der Waals surface area contributed by atoms with Crippen LogP contribution < -0.4 is 21.3 Å². The lowest BCUT2D eigenvalue weighted by atomic mass is 10.0. The maximum Gasteiger partial charge on any atom is 0.418 e. The van der Waals surface area contributed by atoms with Crippen molar-refractivity contribution >= 4 is 24.7 Å². The average molecular weight is 486 g/mol. The molecule has 0 radical (unpaired) electrons. The van der Waals surface area contributed by atoms with E-state index in [2.05, 4.69) is 10.6 Å². The molecule has 2 aromatic carbocycles. The van der Waals surface area contributed by atoms with E-state index >= 15 is 0 Å². The molecule has 1 fully saturated rings. The number of alkyl halides is 3. The van der Waals surface area contributed by atoms with Crippen LogP contribution in [0.3, 0.4) is 0 Å². The van der Waals surface area contributed by atoms with Crippen molar-refractivity contribution in [2.75, 3.05) is 41.9 Å². The molecule has 1 aliphatic rings. The molecule has 0 bridgehead atoms. The van der Waals surface area contributed by atoms with E-state index in [0.717, 1.165) is 11.6 Å². The summed E-state index contributed by atoms with van der Waals surface area (Å²) < 4.78 is 59.1. The van der Waals surface area contributed by atoms with Gasteiger partial charge in [-0.3, -0.25) is 4.57 Å². The van der Waals surface area contributed by atoms with Crippen LogP contribution in [0.2, 0.25) is 0 Å². The van der Waals surface area contributed by atoms with Crippen LogP contribution in [-0.2, 0) is 15.3 Å². The number of nitrogens with two attached hydrogens (primary N) is 1. The minimum Gasteiger partial charge on any atom is -0.395 e. The van der Waals surface area contributed by atoms with Crippen molar-refractivity contribution in [1.29, 1.82) is 0 Å². The zero-order valence-corrected chi connectivity index (χ0v) is 19.5. The summed E-state index contributed by atoms with van der Waals surface area (Å²) >= 11 is 0. The lowest BCUT2D eigenvalue weighted by Gasteiger charge is -2.37. The Balaban J connectivity index is 1.90. The number of nitrogens with zero attached hydrogens (tertiary/aromatic N) is 1. The van der Waals surface area contributed by atoms with Crippen LogP contribution >= 0.6 is 7.60 Å². The summed E-state index contributed by atoms with van der Waals surface area (Å²) in [6, 6.07) is 11.4. The van der Waals surface area contributed by atoms with Crippen LogP contribution in [0, 0.1) is 0 Å². The lowest BCUT2D eigenvalue weighted by molar-refractivity contribution is -0.137. The fourth-order valence-electron chi connectivity index (χ4n) is 3.77. The standard InChI is InChI=1S/C22H30F3N4O3P/c1-3-15(2)32-33(30,31)14-28-18-10-9-17(22(23,24)25)21(20(18)26)29-12-11-27-19(13-29)16-7-5-4-6-8-16/h4-10,15,19,27-28H,3,11-14,26H2,1-2H3,(H,30,31). The highest BCUT2D eigenvalue weighted by molar-refractivity contribution is 7.52. The second kappa shape index (κ2) is 10.3. The van der Waals surface area contributed by atoms with Gasteiger partial charge in [-0.05, 0) is 31.0 Å². The first-order chi connectivity index (χ1) is 15.5. The van der Waals surface area contributed by atoms with Gasteiger partial charge >= 0.3 is 13.8 Å². The molecule has 2 aromatic rings. The Hall–Kier alpha value is -2.26. The predicted molar refractivity (Wildman–Crippen MR) is 124 cm³/mol. The van der Waals surface area contributed by atoms with Gasteiger partial charge in [-0.15, -0.1) is 0 Å². The van der Waals surface area contributed by atoms with Gasteiger partial charge in [-0.25, -0.2) is 0 Å². The third-order valence-electron chi connectivity index (χ3n) is 5.60. The number of halogens is 3. The molecule has 7 nitrogen and oxygen atoms in total. The summed E-state index contributed by atoms with van der Waals surface area (Å²) in [5, 5.41) is 6.04. The van der Waals surface area contributed by atoms with Gasteiger partial charge in [0, 0.05) is 25.7 Å². The van der Waals surface area contributed by atoms with E-state index in [1.165, 1.54) is 6.07 Å². The minimum atomic E-state index is -4.61. The molecule has 3 atom stereocenters. The van der Waals surface area contributed by atoms with Crippen LogP contribution in [0.5, 0.6) is 0 Å². The maximum atomic E-state index is 13.9. The molecule has 0 spiro atoms. The van der Waals surface area contributed by atoms with Gasteiger partial charge in [-0.1, -0.05) is 37.3 Å². The molecule has 182 valence electrons. The quantitative estimate of drug-likeness (QED) is 0.314. The maximum absolute atomic E-state index is 13.9. The van der Waals surface area contributed by atoms with E-state index < -0.39 is 31.7 Å². The molecular weight excluding hydrogens is 456 g/mol. The zero-order chi connectivity index (χ0) is 24.2. The fourth-order valence-corrected chi connectivity index (χ4v) is 4.93. The molecule has 11 heteroatoms. The molecule has 1 aliphatic heterocycles. The molecular formula is C22H30F3N4O3P. The average Bonchev–Trinajstić information content (AvgIpc) is 2.77. The number of hydrogen-bond acceptors (Lipinski definition) is 6. The Morgan fingerprint density at radius 1 is 1.30 bits per heavy atom. The number of anilines is 3. The van der Waals surface area contributed by atoms with Crippen LogP contribution in [0.1, 0.15) is 37.4 Å². The third-order valence-corrected chi connectivity index (χ3v) is 6.85. The minimum absolute atomic E-state index is 0.123. The van der Waals surface area contributed by atoms with Crippen LogP contribution in [0.4, 0.5) is 30.2 Å². The zero-order valence-electron chi connectivity index (χ0n) is 18.6. The number of nitrogens with one attached hydrogen (secondary N) is 2. The number of hydrogen-bond donors (Lipinski definition) is 4. The first kappa shape index (κ1) is 25.4. The van der Waals surface area contributed by atoms with Gasteiger partial charge in [0.15, 0.2) is 0 Å². The highest BCUT2D eigenvalue weighted by atomic mass is 31.2. The number of benzene rings is 2. The van der Waals surface area contributed by atoms with Crippen molar-refractivity contribution in [2.24, 2.45) is 0 Å². The van der Waals surface area contributed by atoms with Crippen molar-refractivity contribution in [3.8, 4) is 0 Å². The molecule has 0 saturated carbocycles. The Kier molecular flexibility index (Phi) is 7.95. The predicted octanol–water partition coefficient (Wildman–Crippen LogP) is 4.81. The largest absolute Gasteiger partial charge is 0.418 e. The van der Waals surface area contributed by atoms with Crippen molar-refractivity contribution in [3.05, 3.63) is 53.6 Å². The highest BCUT2D eigenvalue weighted by Gasteiger charge is 2.38. The van der Waals surface area contributed by atoms with Gasteiger partial charge in [0.05, 0.1) is 28.7 Å². The topological polar surface area (TPSA) is 99.8 Å². The van der Waals surface area contributed by atoms with Crippen molar-refractivity contribution in [3.63, 3.8) is 0 Å². The Labute approximate surface area is 191 Å². The van der Waals surface area contributed by atoms with Crippen LogP contribution in [0.25, 0.3) is 0 Å². The second-order valence-electron chi connectivity index (χ2n) is 8.08. The van der Waals surface area contributed by atoms with E-state index in [0.29, 0.717) is 19.5 Å². The van der Waals surface area contributed by atoms with E-state index in [-0.39, 0.29) is 29.6 Å². The van der Waals surface area contributed by atoms with Gasteiger partial charge in [0.1, 0.15) is 6.29 Å². The van der Waals surface area contributed by atoms with Gasteiger partial charge in [0.25, 0.3) is 0 Å². The van der Waals surface area contributed by atoms with Crippen molar-refractivity contribution in [2.45, 2.75) is 38.6 Å². The Morgan fingerprint density at radius 2 is 2.00 bits per heavy atom. The lowest BCUT2D eigenvalue weighted by Crippen LogP contribution is -2.46. The molecule has 0 aromatic heterocycles. The van der Waals surface area contributed by atoms with Gasteiger partial charge in [-0.2, -0.15) is 13.2 Å². The Bertz CT molecular complexity index is 991. The molecule has 1 heterocycles. The third kappa shape index (κ3) is 6.41. The molecule has 1 saturated heterocycles. The van der Waals surface area contributed by atoms with Crippen LogP contribution in [-0.4, -0.2) is 36.9 Å². The highest BCUT2D eigenvalue weighted by Crippen LogP contribution is 2.46. The number of nitrogen functional groups attached to an aromatic ring is 1. The summed E-state index contributed by atoms with van der Waals surface area (Å²) in [5.74, 6) is 0. The smallest absolute Gasteiger partial charge is 0.395 e. The SMILES string of the molecule is CCC(C)OP(=O)(O)CNc1ccc(C(F)(F)F)c(N2CCNC(c3ccccc3)C2)c1N. The summed E-state index contributed by atoms with van der Waals surface area (Å²) in [6.45, 7) is 4.57. The van der Waals surface area contributed by atoms with Crippen LogP contribution in [0.15, 0.2) is 42.5 Å². The van der Waals surface area contributed by atoms with Gasteiger partial charge in [0.2, 0.25) is 0 Å². The van der Waals surface area contributed by atoms with E-state index in [4.69, 9.17) is 10.3 Å². The summed E-state index contributed by atoms with van der Waals surface area (Å²) in [5.41, 5.74) is 6.23. The number of rotatable bonds is 8. The molecule has 3 rings (SSSR count). The van der Waals surface area contributed by atoms with E-state index in [9.17, 15) is 22.6 Å².